The van der Waals surface area contributed by atoms with E-state index in [1.165, 1.54) is 0 Å². The fraction of sp³-hybridized carbons (Fsp3) is 0.109. The molecule has 270 valence electrons. The van der Waals surface area contributed by atoms with Crippen LogP contribution in [0.2, 0.25) is 0 Å². The first-order valence-electron chi connectivity index (χ1n) is 18.3. The summed E-state index contributed by atoms with van der Waals surface area (Å²) < 4.78 is 9.07. The van der Waals surface area contributed by atoms with Gasteiger partial charge in [-0.1, -0.05) is 170 Å². The number of hydrogen-bond acceptors (Lipinski definition) is 7. The second kappa shape index (κ2) is 15.9. The van der Waals surface area contributed by atoms with Crippen LogP contribution in [0.1, 0.15) is 45.1 Å². The molecule has 0 saturated carbocycles. The van der Waals surface area contributed by atoms with Gasteiger partial charge in [-0.15, -0.1) is 5.10 Å². The molecular formula is C46H39N7O2. The van der Waals surface area contributed by atoms with Gasteiger partial charge in [-0.25, -0.2) is 9.48 Å². The number of tetrazole rings is 1. The summed E-state index contributed by atoms with van der Waals surface area (Å²) in [5.74, 6) is 0.708. The maximum absolute atomic E-state index is 12.9. The molecule has 6 aromatic carbocycles. The summed E-state index contributed by atoms with van der Waals surface area (Å²) in [6.45, 7) is 3.08. The van der Waals surface area contributed by atoms with E-state index in [2.05, 4.69) is 120 Å². The zero-order valence-corrected chi connectivity index (χ0v) is 30.4. The molecule has 0 aliphatic heterocycles. The Morgan fingerprint density at radius 3 is 1.78 bits per heavy atom. The molecule has 0 atom stereocenters. The van der Waals surface area contributed by atoms with Gasteiger partial charge in [0.2, 0.25) is 0 Å². The molecule has 0 spiro atoms. The first-order chi connectivity index (χ1) is 27.1. The zero-order chi connectivity index (χ0) is 37.5. The largest absolute Gasteiger partial charge is 0.462 e. The average molecular weight is 722 g/mol. The van der Waals surface area contributed by atoms with Crippen molar-refractivity contribution < 1.29 is 9.53 Å². The monoisotopic (exact) mass is 721 g/mol. The van der Waals surface area contributed by atoms with E-state index in [0.717, 1.165) is 44.5 Å². The quantitative estimate of drug-likeness (QED) is 0.0938. The van der Waals surface area contributed by atoms with E-state index in [4.69, 9.17) is 20.1 Å². The van der Waals surface area contributed by atoms with Crippen molar-refractivity contribution in [1.29, 1.82) is 0 Å². The van der Waals surface area contributed by atoms with Gasteiger partial charge in [0, 0.05) is 18.3 Å². The van der Waals surface area contributed by atoms with Crippen LogP contribution in [0.3, 0.4) is 0 Å². The number of benzene rings is 6. The molecule has 0 aliphatic carbocycles. The summed E-state index contributed by atoms with van der Waals surface area (Å²) >= 11 is 0. The number of nitrogens with zero attached hydrogens (tertiary/aromatic N) is 6. The Balaban J connectivity index is 1.13. The highest BCUT2D eigenvalue weighted by Gasteiger charge is 2.42. The Kier molecular flexibility index (Phi) is 10.1. The van der Waals surface area contributed by atoms with Gasteiger partial charge in [0.15, 0.2) is 11.6 Å². The van der Waals surface area contributed by atoms with Crippen molar-refractivity contribution in [2.75, 3.05) is 11.9 Å². The van der Waals surface area contributed by atoms with Crippen molar-refractivity contribution >= 4 is 11.8 Å². The van der Waals surface area contributed by atoms with Crippen LogP contribution >= 0.6 is 0 Å². The third kappa shape index (κ3) is 7.03. The lowest BCUT2D eigenvalue weighted by atomic mass is 9.77. The average Bonchev–Trinajstić information content (AvgIpc) is 3.90. The number of hydrogen-bond donors (Lipinski definition) is 1. The Hall–Kier alpha value is -7.13. The van der Waals surface area contributed by atoms with Gasteiger partial charge in [-0.3, -0.25) is 4.68 Å². The molecule has 0 unspecified atom stereocenters. The smallest absolute Gasteiger partial charge is 0.343 e. The third-order valence-corrected chi connectivity index (χ3v) is 9.70. The summed E-state index contributed by atoms with van der Waals surface area (Å²) in [6, 6.07) is 57.8. The van der Waals surface area contributed by atoms with E-state index >= 15 is 0 Å². The number of nitrogens with one attached hydrogen (secondary N) is 1. The van der Waals surface area contributed by atoms with E-state index in [-0.39, 0.29) is 6.61 Å². The SMILES string of the molecule is CCOC(=O)c1cn(Cc2ccccc2)nc1NCc1ccc(-c2ccccc2-c2nnnn2C(c2ccccc2)(c2ccccc2)c2ccccc2)cc1. The fourth-order valence-electron chi connectivity index (χ4n) is 7.17. The molecule has 2 heterocycles. The number of ether oxygens (including phenoxy) is 1. The molecule has 9 heteroatoms. The van der Waals surface area contributed by atoms with E-state index < -0.39 is 11.5 Å². The Morgan fingerprint density at radius 2 is 1.20 bits per heavy atom. The van der Waals surface area contributed by atoms with Crippen LogP contribution in [-0.4, -0.2) is 42.6 Å². The van der Waals surface area contributed by atoms with Gasteiger partial charge in [-0.2, -0.15) is 5.10 Å². The number of esters is 1. The van der Waals surface area contributed by atoms with Crippen LogP contribution in [-0.2, 0) is 23.4 Å². The molecule has 8 rings (SSSR count). The Labute approximate surface area is 319 Å². The molecule has 0 amide bonds. The van der Waals surface area contributed by atoms with Crippen LogP contribution in [0.15, 0.2) is 176 Å². The Morgan fingerprint density at radius 1 is 0.655 bits per heavy atom. The lowest BCUT2D eigenvalue weighted by Crippen LogP contribution is -2.39. The minimum atomic E-state index is -0.873. The zero-order valence-electron chi connectivity index (χ0n) is 30.4. The predicted octanol–water partition coefficient (Wildman–Crippen LogP) is 8.88. The van der Waals surface area contributed by atoms with Gasteiger partial charge in [0.1, 0.15) is 11.1 Å². The summed E-state index contributed by atoms with van der Waals surface area (Å²) in [4.78, 5) is 12.9. The Bertz CT molecular complexity index is 2380. The third-order valence-electron chi connectivity index (χ3n) is 9.70. The van der Waals surface area contributed by atoms with Crippen molar-refractivity contribution in [2.45, 2.75) is 25.6 Å². The van der Waals surface area contributed by atoms with Crippen LogP contribution in [0.25, 0.3) is 22.5 Å². The molecular weight excluding hydrogens is 683 g/mol. The minimum absolute atomic E-state index is 0.281. The number of carbonyl (C=O) groups is 1. The van der Waals surface area contributed by atoms with E-state index in [0.29, 0.717) is 30.3 Å². The first kappa shape index (κ1) is 34.9. The molecule has 9 nitrogen and oxygen atoms in total. The van der Waals surface area contributed by atoms with Crippen molar-refractivity contribution in [3.63, 3.8) is 0 Å². The molecule has 8 aromatic rings. The van der Waals surface area contributed by atoms with Crippen molar-refractivity contribution in [3.05, 3.63) is 209 Å². The number of rotatable bonds is 13. The van der Waals surface area contributed by atoms with Crippen molar-refractivity contribution in [2.24, 2.45) is 0 Å². The minimum Gasteiger partial charge on any atom is -0.462 e. The normalized spacial score (nSPS) is 11.3. The second-order valence-corrected chi connectivity index (χ2v) is 13.1. The van der Waals surface area contributed by atoms with Gasteiger partial charge in [-0.05, 0) is 56.3 Å². The van der Waals surface area contributed by atoms with Crippen LogP contribution in [0.5, 0.6) is 0 Å². The number of carbonyl (C=O) groups excluding carboxylic acids is 1. The molecule has 0 bridgehead atoms. The van der Waals surface area contributed by atoms with Crippen molar-refractivity contribution in [3.8, 4) is 22.5 Å². The van der Waals surface area contributed by atoms with E-state index in [9.17, 15) is 4.79 Å². The summed E-state index contributed by atoms with van der Waals surface area (Å²) in [5.41, 5.74) is 7.64. The molecule has 2 aromatic heterocycles. The van der Waals surface area contributed by atoms with Gasteiger partial charge in [0.25, 0.3) is 0 Å². The van der Waals surface area contributed by atoms with Crippen LogP contribution < -0.4 is 5.32 Å². The van der Waals surface area contributed by atoms with Crippen molar-refractivity contribution in [1.82, 2.24) is 30.0 Å². The standard InChI is InChI=1S/C46H39N7O2/c1-2-55-45(54)42-33-52(32-35-17-7-3-8-18-35)49-43(42)47-31-34-27-29-36(30-28-34)40-25-15-16-26-41(40)44-48-50-51-53(44)46(37-19-9-4-10-20-37,38-21-11-5-12-22-38)39-23-13-6-14-24-39/h3-30,33H,2,31-32H2,1H3,(H,47,49). The summed E-state index contributed by atoms with van der Waals surface area (Å²) in [5, 5.41) is 21.9. The lowest BCUT2D eigenvalue weighted by Gasteiger charge is -2.36. The highest BCUT2D eigenvalue weighted by Crippen LogP contribution is 2.43. The van der Waals surface area contributed by atoms with Gasteiger partial charge < -0.3 is 10.1 Å². The molecule has 0 radical (unpaired) electrons. The van der Waals surface area contributed by atoms with Gasteiger partial charge >= 0.3 is 5.97 Å². The van der Waals surface area contributed by atoms with Crippen LogP contribution in [0, 0.1) is 0 Å². The maximum Gasteiger partial charge on any atom is 0.343 e. The lowest BCUT2D eigenvalue weighted by molar-refractivity contribution is 0.0527. The van der Waals surface area contributed by atoms with E-state index in [1.54, 1.807) is 17.8 Å². The first-order valence-corrected chi connectivity index (χ1v) is 18.3. The maximum atomic E-state index is 12.9. The highest BCUT2D eigenvalue weighted by atomic mass is 16.5. The number of aromatic nitrogens is 6. The summed E-state index contributed by atoms with van der Waals surface area (Å²) in [7, 11) is 0. The van der Waals surface area contributed by atoms with E-state index in [1.807, 2.05) is 65.3 Å². The molecule has 0 fully saturated rings. The molecule has 0 saturated heterocycles. The molecule has 0 aliphatic rings. The highest BCUT2D eigenvalue weighted by molar-refractivity contribution is 5.94. The van der Waals surface area contributed by atoms with Crippen LogP contribution in [0.4, 0.5) is 5.82 Å². The number of anilines is 1. The predicted molar refractivity (Wildman–Crippen MR) is 214 cm³/mol. The summed E-state index contributed by atoms with van der Waals surface area (Å²) in [6.07, 6.45) is 1.74. The van der Waals surface area contributed by atoms with Gasteiger partial charge in [0.05, 0.1) is 13.2 Å². The molecule has 1 N–H and O–H groups in total. The molecule has 55 heavy (non-hydrogen) atoms. The fourth-order valence-corrected chi connectivity index (χ4v) is 7.17. The second-order valence-electron chi connectivity index (χ2n) is 13.1. The topological polar surface area (TPSA) is 99.8 Å².